The number of hydrogen-bond acceptors (Lipinski definition) is 6. The molecule has 0 radical (unpaired) electrons. The summed E-state index contributed by atoms with van der Waals surface area (Å²) in [6.07, 6.45) is 0.289. The van der Waals surface area contributed by atoms with E-state index in [1.165, 1.54) is 0 Å². The number of ether oxygens (including phenoxy) is 2. The Morgan fingerprint density at radius 2 is 1.80 bits per heavy atom. The fourth-order valence-corrected chi connectivity index (χ4v) is 3.26. The largest absolute Gasteiger partial charge is 0.461 e. The van der Waals surface area contributed by atoms with E-state index in [1.807, 2.05) is 12.1 Å². The molecule has 30 heavy (non-hydrogen) atoms. The van der Waals surface area contributed by atoms with E-state index >= 15 is 0 Å². The van der Waals surface area contributed by atoms with Crippen molar-refractivity contribution in [2.24, 2.45) is 5.92 Å². The van der Waals surface area contributed by atoms with Gasteiger partial charge >= 0.3 is 11.9 Å². The fourth-order valence-electron chi connectivity index (χ4n) is 3.26. The summed E-state index contributed by atoms with van der Waals surface area (Å²) in [6, 6.07) is 13.6. The van der Waals surface area contributed by atoms with Crippen LogP contribution >= 0.6 is 0 Å². The zero-order chi connectivity index (χ0) is 21.5. The van der Waals surface area contributed by atoms with Gasteiger partial charge < -0.3 is 19.7 Å². The lowest BCUT2D eigenvalue weighted by molar-refractivity contribution is -0.144. The Balaban J connectivity index is 1.54. The number of anilines is 1. The first-order valence-corrected chi connectivity index (χ1v) is 10.1. The van der Waals surface area contributed by atoms with E-state index in [0.29, 0.717) is 30.2 Å². The number of carbonyl (C=O) groups excluding carboxylic acids is 3. The third kappa shape index (κ3) is 5.24. The van der Waals surface area contributed by atoms with Crippen LogP contribution < -0.4 is 10.1 Å². The first-order chi connectivity index (χ1) is 14.5. The van der Waals surface area contributed by atoms with Crippen LogP contribution in [0.15, 0.2) is 48.5 Å². The molecule has 2 aromatic rings. The Hall–Kier alpha value is -3.19. The van der Waals surface area contributed by atoms with Crippen LogP contribution in [0.25, 0.3) is 0 Å². The molecule has 1 aliphatic rings. The van der Waals surface area contributed by atoms with Gasteiger partial charge in [0.05, 0.1) is 5.56 Å². The van der Waals surface area contributed by atoms with E-state index in [4.69, 9.17) is 9.47 Å². The molecule has 2 aromatic carbocycles. The molecule has 158 valence electrons. The van der Waals surface area contributed by atoms with E-state index in [-0.39, 0.29) is 6.42 Å². The number of hydrogen-bond donors (Lipinski definition) is 1. The third-order valence-corrected chi connectivity index (χ3v) is 5.13. The molecule has 0 fully saturated rings. The SMILES string of the molecule is CCN(CC)CCOC(=O)c1ccc(NC(=O)C2Cc3ccccc3OC2=O)cc1. The monoisotopic (exact) mass is 410 g/mol. The van der Waals surface area contributed by atoms with Crippen molar-refractivity contribution in [3.05, 3.63) is 59.7 Å². The van der Waals surface area contributed by atoms with Crippen molar-refractivity contribution in [1.82, 2.24) is 4.90 Å². The van der Waals surface area contributed by atoms with Crippen LogP contribution in [-0.2, 0) is 20.7 Å². The highest BCUT2D eigenvalue weighted by atomic mass is 16.5. The van der Waals surface area contributed by atoms with E-state index in [0.717, 1.165) is 18.7 Å². The van der Waals surface area contributed by atoms with E-state index in [2.05, 4.69) is 24.1 Å². The second-order valence-electron chi connectivity index (χ2n) is 7.01. The van der Waals surface area contributed by atoms with Crippen LogP contribution in [-0.4, -0.2) is 49.0 Å². The van der Waals surface area contributed by atoms with Gasteiger partial charge in [-0.3, -0.25) is 9.59 Å². The predicted octanol–water partition coefficient (Wildman–Crippen LogP) is 2.90. The lowest BCUT2D eigenvalue weighted by Crippen LogP contribution is -2.37. The Morgan fingerprint density at radius 1 is 1.10 bits per heavy atom. The summed E-state index contributed by atoms with van der Waals surface area (Å²) < 4.78 is 10.6. The van der Waals surface area contributed by atoms with E-state index < -0.39 is 23.8 Å². The Kier molecular flexibility index (Phi) is 7.19. The van der Waals surface area contributed by atoms with Crippen LogP contribution in [0.5, 0.6) is 5.75 Å². The number of carbonyl (C=O) groups is 3. The summed E-state index contributed by atoms with van der Waals surface area (Å²) in [7, 11) is 0. The molecule has 7 heteroatoms. The Labute approximate surface area is 176 Å². The number of likely N-dealkylation sites (N-methyl/N-ethyl adjacent to an activating group) is 1. The number of nitrogens with one attached hydrogen (secondary N) is 1. The zero-order valence-electron chi connectivity index (χ0n) is 17.2. The van der Waals surface area contributed by atoms with Gasteiger partial charge in [-0.2, -0.15) is 0 Å². The second-order valence-corrected chi connectivity index (χ2v) is 7.01. The third-order valence-electron chi connectivity index (χ3n) is 5.13. The topological polar surface area (TPSA) is 84.9 Å². The van der Waals surface area contributed by atoms with Gasteiger partial charge in [-0.25, -0.2) is 4.79 Å². The zero-order valence-corrected chi connectivity index (χ0v) is 17.2. The minimum absolute atomic E-state index is 0.289. The number of fused-ring (bicyclic) bond motifs is 1. The summed E-state index contributed by atoms with van der Waals surface area (Å²) in [5, 5.41) is 2.71. The highest BCUT2D eigenvalue weighted by Crippen LogP contribution is 2.28. The normalized spacial score (nSPS) is 15.3. The van der Waals surface area contributed by atoms with Gasteiger partial charge in [0.1, 0.15) is 18.3 Å². The summed E-state index contributed by atoms with van der Waals surface area (Å²) >= 11 is 0. The molecule has 1 aliphatic heterocycles. The minimum Gasteiger partial charge on any atom is -0.461 e. The smallest absolute Gasteiger partial charge is 0.338 e. The molecule has 0 bridgehead atoms. The van der Waals surface area contributed by atoms with Crippen LogP contribution in [0.3, 0.4) is 0 Å². The molecule has 1 amide bonds. The number of benzene rings is 2. The molecule has 0 aromatic heterocycles. The maximum atomic E-state index is 12.6. The summed E-state index contributed by atoms with van der Waals surface area (Å²) in [5.74, 6) is -1.84. The van der Waals surface area contributed by atoms with Gasteiger partial charge in [0.25, 0.3) is 0 Å². The molecule has 0 saturated carbocycles. The molecule has 1 heterocycles. The first kappa shape index (κ1) is 21.5. The quantitative estimate of drug-likeness (QED) is 0.409. The van der Waals surface area contributed by atoms with Crippen LogP contribution in [0, 0.1) is 5.92 Å². The van der Waals surface area contributed by atoms with Crippen molar-refractivity contribution >= 4 is 23.5 Å². The Morgan fingerprint density at radius 3 is 2.50 bits per heavy atom. The minimum atomic E-state index is -0.912. The molecule has 7 nitrogen and oxygen atoms in total. The van der Waals surface area contributed by atoms with Gasteiger partial charge in [-0.05, 0) is 55.4 Å². The standard InChI is InChI=1S/C23H26N2O5/c1-3-25(4-2)13-14-29-22(27)16-9-11-18(12-10-16)24-21(26)19-15-17-7-5-6-8-20(17)30-23(19)28/h5-12,19H,3-4,13-15H2,1-2H3,(H,24,26). The Bertz CT molecular complexity index is 906. The lowest BCUT2D eigenvalue weighted by Gasteiger charge is -2.22. The molecule has 1 N–H and O–H groups in total. The van der Waals surface area contributed by atoms with Crippen molar-refractivity contribution < 1.29 is 23.9 Å². The highest BCUT2D eigenvalue weighted by Gasteiger charge is 2.34. The predicted molar refractivity (Wildman–Crippen MR) is 112 cm³/mol. The lowest BCUT2D eigenvalue weighted by atomic mass is 9.95. The number of para-hydroxylation sites is 1. The summed E-state index contributed by atoms with van der Waals surface area (Å²) in [6.45, 7) is 6.94. The number of rotatable bonds is 8. The van der Waals surface area contributed by atoms with Gasteiger partial charge in [-0.15, -0.1) is 0 Å². The summed E-state index contributed by atoms with van der Waals surface area (Å²) in [4.78, 5) is 39.1. The van der Waals surface area contributed by atoms with Crippen LogP contribution in [0.2, 0.25) is 0 Å². The van der Waals surface area contributed by atoms with Gasteiger partial charge in [0.15, 0.2) is 0 Å². The molecule has 1 atom stereocenters. The van der Waals surface area contributed by atoms with Crippen molar-refractivity contribution in [1.29, 1.82) is 0 Å². The van der Waals surface area contributed by atoms with E-state index in [1.54, 1.807) is 36.4 Å². The van der Waals surface area contributed by atoms with Gasteiger partial charge in [0, 0.05) is 12.2 Å². The molecule has 0 saturated heterocycles. The average molecular weight is 410 g/mol. The second kappa shape index (κ2) is 10.0. The maximum Gasteiger partial charge on any atom is 0.338 e. The molecule has 3 rings (SSSR count). The van der Waals surface area contributed by atoms with Gasteiger partial charge in [-0.1, -0.05) is 32.0 Å². The van der Waals surface area contributed by atoms with Crippen molar-refractivity contribution in [3.8, 4) is 5.75 Å². The number of amides is 1. The number of esters is 2. The van der Waals surface area contributed by atoms with Crippen molar-refractivity contribution in [3.63, 3.8) is 0 Å². The van der Waals surface area contributed by atoms with Gasteiger partial charge in [0.2, 0.25) is 5.91 Å². The van der Waals surface area contributed by atoms with Crippen LogP contribution in [0.4, 0.5) is 5.69 Å². The van der Waals surface area contributed by atoms with Crippen molar-refractivity contribution in [2.75, 3.05) is 31.6 Å². The molecule has 1 unspecified atom stereocenters. The molecule has 0 spiro atoms. The number of nitrogens with zero attached hydrogens (tertiary/aromatic N) is 1. The average Bonchev–Trinajstić information content (AvgIpc) is 2.76. The first-order valence-electron chi connectivity index (χ1n) is 10.1. The highest BCUT2D eigenvalue weighted by molar-refractivity contribution is 6.06. The fraction of sp³-hybridized carbons (Fsp3) is 0.348. The van der Waals surface area contributed by atoms with Crippen LogP contribution in [0.1, 0.15) is 29.8 Å². The van der Waals surface area contributed by atoms with E-state index in [9.17, 15) is 14.4 Å². The van der Waals surface area contributed by atoms with Crippen molar-refractivity contribution in [2.45, 2.75) is 20.3 Å². The molecular formula is C23H26N2O5. The summed E-state index contributed by atoms with van der Waals surface area (Å²) in [5.41, 5.74) is 1.71. The molecule has 0 aliphatic carbocycles. The maximum absolute atomic E-state index is 12.6. The molecular weight excluding hydrogens is 384 g/mol.